The van der Waals surface area contributed by atoms with Crippen molar-refractivity contribution in [3.05, 3.63) is 89.5 Å². The van der Waals surface area contributed by atoms with Crippen molar-refractivity contribution in [3.63, 3.8) is 0 Å². The Kier molecular flexibility index (Phi) is 7.05. The minimum atomic E-state index is -0.635. The van der Waals surface area contributed by atoms with Gasteiger partial charge in [0.2, 0.25) is 0 Å². The van der Waals surface area contributed by atoms with Crippen LogP contribution in [-0.2, 0) is 0 Å². The summed E-state index contributed by atoms with van der Waals surface area (Å²) in [5.41, 5.74) is 4.37. The minimum absolute atomic E-state index is 0.0584. The molecule has 0 aliphatic rings. The van der Waals surface area contributed by atoms with Crippen LogP contribution in [0.2, 0.25) is 0 Å². The Morgan fingerprint density at radius 2 is 1.45 bits per heavy atom. The van der Waals surface area contributed by atoms with Gasteiger partial charge in [0, 0.05) is 28.2 Å². The van der Waals surface area contributed by atoms with E-state index in [1.54, 1.807) is 24.3 Å². The second-order valence-electron chi connectivity index (χ2n) is 6.37. The molecule has 3 aromatic carbocycles. The topological polar surface area (TPSA) is 125 Å². The summed E-state index contributed by atoms with van der Waals surface area (Å²) in [5, 5.41) is 9.16. The summed E-state index contributed by atoms with van der Waals surface area (Å²) < 4.78 is 0. The lowest BCUT2D eigenvalue weighted by Crippen LogP contribution is -2.31. The molecular weight excluding hydrogens is 414 g/mol. The summed E-state index contributed by atoms with van der Waals surface area (Å²) in [5.74, 6) is 4.11. The summed E-state index contributed by atoms with van der Waals surface area (Å²) >= 11 is 5.31. The van der Waals surface area contributed by atoms with Gasteiger partial charge in [-0.25, -0.2) is 5.84 Å². The average Bonchev–Trinajstić information content (AvgIpc) is 2.79. The summed E-state index contributed by atoms with van der Waals surface area (Å²) in [6.07, 6.45) is 0.539. The number of aldehydes is 1. The molecule has 0 aliphatic heterocycles. The number of hydrogen-bond acceptors (Lipinski definition) is 5. The largest absolute Gasteiger partial charge is 0.332 e. The highest BCUT2D eigenvalue weighted by atomic mass is 32.1. The van der Waals surface area contributed by atoms with Gasteiger partial charge in [0.1, 0.15) is 0 Å². The number of thiocarbonyl (C=S) groups is 1. The smallest absolute Gasteiger partial charge is 0.265 e. The van der Waals surface area contributed by atoms with Crippen LogP contribution < -0.4 is 27.2 Å². The molecule has 3 aromatic rings. The zero-order chi connectivity index (χ0) is 22.2. The van der Waals surface area contributed by atoms with Gasteiger partial charge >= 0.3 is 0 Å². The van der Waals surface area contributed by atoms with E-state index in [1.807, 2.05) is 35.8 Å². The van der Waals surface area contributed by atoms with Crippen LogP contribution in [0, 0.1) is 0 Å². The molecule has 9 heteroatoms. The molecule has 0 aliphatic carbocycles. The van der Waals surface area contributed by atoms with Gasteiger partial charge in [0.25, 0.3) is 11.8 Å². The third-order valence-electron chi connectivity index (χ3n) is 4.23. The predicted octanol–water partition coefficient (Wildman–Crippen LogP) is 3.16. The molecule has 2 amide bonds. The third kappa shape index (κ3) is 5.72. The van der Waals surface area contributed by atoms with Crippen LogP contribution in [0.1, 0.15) is 31.1 Å². The standard InChI is InChI=1S/C22H19N5O3S/c23-27-21(30)19-12-18(10-9-15(19)13-28)24-20(29)14-5-4-8-17(11-14)26-22(31)25-16-6-2-1-3-7-16/h1-13H,23H2,(H,24,29)(H,27,30)(H2,25,26,31). The molecule has 0 unspecified atom stereocenters. The molecule has 8 nitrogen and oxygen atoms in total. The summed E-state index contributed by atoms with van der Waals surface area (Å²) in [7, 11) is 0. The molecule has 0 spiro atoms. The maximum absolute atomic E-state index is 12.7. The SMILES string of the molecule is NNC(=O)c1cc(NC(=O)c2cccc(NC(=S)Nc3ccccc3)c2)ccc1C=O. The van der Waals surface area contributed by atoms with Crippen molar-refractivity contribution >= 4 is 52.5 Å². The highest BCUT2D eigenvalue weighted by Crippen LogP contribution is 2.18. The number of amides is 2. The number of para-hydroxylation sites is 1. The zero-order valence-electron chi connectivity index (χ0n) is 16.2. The Morgan fingerprint density at radius 3 is 2.16 bits per heavy atom. The molecule has 0 saturated heterocycles. The number of benzene rings is 3. The van der Waals surface area contributed by atoms with Gasteiger partial charge in [-0.15, -0.1) is 0 Å². The van der Waals surface area contributed by atoms with E-state index in [4.69, 9.17) is 18.1 Å². The average molecular weight is 433 g/mol. The Labute approximate surface area is 183 Å². The Bertz CT molecular complexity index is 1140. The second-order valence-corrected chi connectivity index (χ2v) is 6.78. The first-order valence-corrected chi connectivity index (χ1v) is 9.55. The first-order chi connectivity index (χ1) is 15.0. The van der Waals surface area contributed by atoms with Crippen LogP contribution in [0.4, 0.5) is 17.1 Å². The van der Waals surface area contributed by atoms with Crippen LogP contribution in [0.5, 0.6) is 0 Å². The first kappa shape index (κ1) is 21.6. The van der Waals surface area contributed by atoms with Crippen LogP contribution >= 0.6 is 12.2 Å². The van der Waals surface area contributed by atoms with Gasteiger partial charge in [0.15, 0.2) is 11.4 Å². The van der Waals surface area contributed by atoms with Gasteiger partial charge in [-0.05, 0) is 60.7 Å². The molecule has 3 rings (SSSR count). The Morgan fingerprint density at radius 1 is 0.774 bits per heavy atom. The van der Waals surface area contributed by atoms with Crippen LogP contribution in [0.25, 0.3) is 0 Å². The van der Waals surface area contributed by atoms with E-state index < -0.39 is 11.8 Å². The van der Waals surface area contributed by atoms with Crippen molar-refractivity contribution in [1.82, 2.24) is 5.43 Å². The fraction of sp³-hybridized carbons (Fsp3) is 0. The molecule has 0 heterocycles. The number of anilines is 3. The summed E-state index contributed by atoms with van der Waals surface area (Å²) in [6, 6.07) is 20.5. The van der Waals surface area contributed by atoms with E-state index in [1.165, 1.54) is 18.2 Å². The van der Waals surface area contributed by atoms with Crippen molar-refractivity contribution in [1.29, 1.82) is 0 Å². The van der Waals surface area contributed by atoms with Crippen molar-refractivity contribution in [2.45, 2.75) is 0 Å². The lowest BCUT2D eigenvalue weighted by atomic mass is 10.1. The molecule has 0 radical (unpaired) electrons. The lowest BCUT2D eigenvalue weighted by molar-refractivity contribution is 0.0947. The van der Waals surface area contributed by atoms with E-state index in [0.29, 0.717) is 28.3 Å². The van der Waals surface area contributed by atoms with Gasteiger partial charge < -0.3 is 16.0 Å². The number of hydrogen-bond donors (Lipinski definition) is 5. The molecule has 0 aromatic heterocycles. The van der Waals surface area contributed by atoms with Crippen molar-refractivity contribution in [3.8, 4) is 0 Å². The highest BCUT2D eigenvalue weighted by Gasteiger charge is 2.13. The first-order valence-electron chi connectivity index (χ1n) is 9.15. The number of nitrogen functional groups attached to an aromatic ring is 1. The van der Waals surface area contributed by atoms with Crippen LogP contribution in [0.15, 0.2) is 72.8 Å². The normalized spacial score (nSPS) is 9.97. The van der Waals surface area contributed by atoms with Crippen LogP contribution in [-0.4, -0.2) is 23.2 Å². The van der Waals surface area contributed by atoms with E-state index in [0.717, 1.165) is 5.69 Å². The number of hydrazine groups is 1. The van der Waals surface area contributed by atoms with Gasteiger partial charge in [-0.2, -0.15) is 0 Å². The van der Waals surface area contributed by atoms with Gasteiger partial charge in [-0.1, -0.05) is 24.3 Å². The van der Waals surface area contributed by atoms with Crippen LogP contribution in [0.3, 0.4) is 0 Å². The lowest BCUT2D eigenvalue weighted by Gasteiger charge is -2.12. The quantitative estimate of drug-likeness (QED) is 0.133. The Balaban J connectivity index is 1.71. The molecule has 0 atom stereocenters. The maximum atomic E-state index is 12.7. The monoisotopic (exact) mass is 433 g/mol. The fourth-order valence-electron chi connectivity index (χ4n) is 2.77. The number of carbonyl (C=O) groups excluding carboxylic acids is 3. The van der Waals surface area contributed by atoms with Gasteiger partial charge in [-0.3, -0.25) is 19.8 Å². The molecule has 31 heavy (non-hydrogen) atoms. The second kappa shape index (κ2) is 10.1. The highest BCUT2D eigenvalue weighted by molar-refractivity contribution is 7.80. The van der Waals surface area contributed by atoms with Crippen molar-refractivity contribution in [2.24, 2.45) is 5.84 Å². The Hall–Kier alpha value is -4.08. The molecule has 6 N–H and O–H groups in total. The molecule has 0 bridgehead atoms. The van der Waals surface area contributed by atoms with E-state index >= 15 is 0 Å². The number of nitrogens with two attached hydrogens (primary N) is 1. The predicted molar refractivity (Wildman–Crippen MR) is 124 cm³/mol. The van der Waals surface area contributed by atoms with E-state index in [9.17, 15) is 14.4 Å². The minimum Gasteiger partial charge on any atom is -0.332 e. The number of nitrogens with one attached hydrogen (secondary N) is 4. The van der Waals surface area contributed by atoms with Crippen molar-refractivity contribution < 1.29 is 14.4 Å². The molecular formula is C22H19N5O3S. The number of rotatable bonds is 6. The van der Waals surface area contributed by atoms with Gasteiger partial charge in [0.05, 0.1) is 5.56 Å². The van der Waals surface area contributed by atoms with E-state index in [2.05, 4.69) is 16.0 Å². The fourth-order valence-corrected chi connectivity index (χ4v) is 3.00. The maximum Gasteiger partial charge on any atom is 0.265 e. The zero-order valence-corrected chi connectivity index (χ0v) is 17.0. The molecule has 0 fully saturated rings. The number of carbonyl (C=O) groups is 3. The molecule has 0 saturated carbocycles. The third-order valence-corrected chi connectivity index (χ3v) is 4.43. The van der Waals surface area contributed by atoms with E-state index in [-0.39, 0.29) is 11.1 Å². The molecule has 156 valence electrons. The van der Waals surface area contributed by atoms with Crippen molar-refractivity contribution in [2.75, 3.05) is 16.0 Å². The summed E-state index contributed by atoms with van der Waals surface area (Å²) in [4.78, 5) is 35.6. The summed E-state index contributed by atoms with van der Waals surface area (Å²) in [6.45, 7) is 0.